The number of hydrogen-bond donors (Lipinski definition) is 0. The predicted octanol–water partition coefficient (Wildman–Crippen LogP) is 2.79. The fourth-order valence-electron chi connectivity index (χ4n) is 4.49. The summed E-state index contributed by atoms with van der Waals surface area (Å²) in [6.45, 7) is 10.3. The summed E-state index contributed by atoms with van der Waals surface area (Å²) in [4.78, 5) is 25.7. The second-order valence-electron chi connectivity index (χ2n) is 8.48. The number of carbonyl (C=O) groups excluding carboxylic acids is 1. The summed E-state index contributed by atoms with van der Waals surface area (Å²) in [7, 11) is 0. The minimum Gasteiger partial charge on any atom is -0.361 e. The van der Waals surface area contributed by atoms with E-state index in [1.807, 2.05) is 25.7 Å². The van der Waals surface area contributed by atoms with Crippen molar-refractivity contribution in [3.8, 4) is 0 Å². The van der Waals surface area contributed by atoms with Gasteiger partial charge in [0.15, 0.2) is 0 Å². The van der Waals surface area contributed by atoms with Gasteiger partial charge in [0.05, 0.1) is 29.8 Å². The Morgan fingerprint density at radius 1 is 1.07 bits per heavy atom. The lowest BCUT2D eigenvalue weighted by atomic mass is 9.72. The molecule has 7 nitrogen and oxygen atoms in total. The van der Waals surface area contributed by atoms with Crippen LogP contribution < -0.4 is 0 Å². The van der Waals surface area contributed by atoms with Gasteiger partial charge in [-0.15, -0.1) is 0 Å². The average molecular weight is 383 g/mol. The van der Waals surface area contributed by atoms with Gasteiger partial charge in [-0.2, -0.15) is 0 Å². The lowest BCUT2D eigenvalue weighted by Crippen LogP contribution is -2.51. The van der Waals surface area contributed by atoms with Crippen LogP contribution in [0, 0.1) is 26.2 Å². The fourth-order valence-corrected chi connectivity index (χ4v) is 4.49. The molecule has 1 amide bonds. The standard InChI is InChI=1S/C21H29N5O2/c1-15-10-23-18(11-22-15)12-26-14-21(5-4-20(26)27)6-8-25(9-7-21)13-19-16(2)24-28-17(19)3/h10-11H,4-9,12-14H2,1-3H3. The third kappa shape index (κ3) is 3.94. The van der Waals surface area contributed by atoms with E-state index in [9.17, 15) is 4.79 Å². The Balaban J connectivity index is 1.37. The molecule has 2 aliphatic heterocycles. The molecule has 2 fully saturated rings. The summed E-state index contributed by atoms with van der Waals surface area (Å²) in [6, 6.07) is 0. The van der Waals surface area contributed by atoms with E-state index in [0.717, 1.165) is 68.3 Å². The summed E-state index contributed by atoms with van der Waals surface area (Å²) in [5.74, 6) is 1.16. The Hall–Kier alpha value is -2.28. The molecule has 7 heteroatoms. The van der Waals surface area contributed by atoms with E-state index in [1.165, 1.54) is 5.56 Å². The molecule has 1 spiro atoms. The van der Waals surface area contributed by atoms with Crippen molar-refractivity contribution in [1.82, 2.24) is 24.9 Å². The van der Waals surface area contributed by atoms with Crippen molar-refractivity contribution in [2.45, 2.75) is 59.5 Å². The molecule has 0 aliphatic carbocycles. The summed E-state index contributed by atoms with van der Waals surface area (Å²) in [5, 5.41) is 4.07. The molecule has 0 aromatic carbocycles. The van der Waals surface area contributed by atoms with Crippen molar-refractivity contribution < 1.29 is 9.32 Å². The number of piperidine rings is 2. The van der Waals surface area contributed by atoms with Crippen LogP contribution in [0.15, 0.2) is 16.9 Å². The lowest BCUT2D eigenvalue weighted by Gasteiger charge is -2.47. The zero-order valence-corrected chi connectivity index (χ0v) is 17.1. The van der Waals surface area contributed by atoms with Gasteiger partial charge >= 0.3 is 0 Å². The number of amides is 1. The molecule has 4 heterocycles. The van der Waals surface area contributed by atoms with E-state index in [1.54, 1.807) is 12.4 Å². The van der Waals surface area contributed by atoms with Crippen molar-refractivity contribution in [2.75, 3.05) is 19.6 Å². The second-order valence-corrected chi connectivity index (χ2v) is 8.48. The first-order chi connectivity index (χ1) is 13.4. The fraction of sp³-hybridized carbons (Fsp3) is 0.619. The number of nitrogens with zero attached hydrogens (tertiary/aromatic N) is 5. The molecule has 2 aromatic heterocycles. The molecule has 28 heavy (non-hydrogen) atoms. The van der Waals surface area contributed by atoms with Crippen LogP contribution in [0.2, 0.25) is 0 Å². The van der Waals surface area contributed by atoms with Crippen LogP contribution in [0.5, 0.6) is 0 Å². The Morgan fingerprint density at radius 3 is 2.50 bits per heavy atom. The molecule has 4 rings (SSSR count). The van der Waals surface area contributed by atoms with Crippen LogP contribution in [0.1, 0.15) is 54.1 Å². The number of likely N-dealkylation sites (tertiary alicyclic amines) is 2. The number of hydrogen-bond acceptors (Lipinski definition) is 6. The summed E-state index contributed by atoms with van der Waals surface area (Å²) >= 11 is 0. The SMILES string of the molecule is Cc1cnc(CN2CC3(CCC2=O)CCN(Cc2c(C)noc2C)CC3)cn1. The smallest absolute Gasteiger partial charge is 0.222 e. The van der Waals surface area contributed by atoms with Crippen molar-refractivity contribution in [1.29, 1.82) is 0 Å². The Morgan fingerprint density at radius 2 is 1.86 bits per heavy atom. The summed E-state index contributed by atoms with van der Waals surface area (Å²) in [6.07, 6.45) is 7.45. The third-order valence-corrected chi connectivity index (χ3v) is 6.42. The average Bonchev–Trinajstić information content (AvgIpc) is 3.00. The van der Waals surface area contributed by atoms with Crippen LogP contribution in [0.25, 0.3) is 0 Å². The van der Waals surface area contributed by atoms with Crippen LogP contribution in [0.4, 0.5) is 0 Å². The van der Waals surface area contributed by atoms with Gasteiger partial charge in [0.1, 0.15) is 5.76 Å². The van der Waals surface area contributed by atoms with Gasteiger partial charge in [-0.1, -0.05) is 5.16 Å². The minimum absolute atomic E-state index is 0.237. The Labute approximate surface area is 166 Å². The quantitative estimate of drug-likeness (QED) is 0.808. The van der Waals surface area contributed by atoms with Gasteiger partial charge in [0, 0.05) is 31.3 Å². The van der Waals surface area contributed by atoms with Gasteiger partial charge in [0.25, 0.3) is 0 Å². The number of aryl methyl sites for hydroxylation is 3. The predicted molar refractivity (Wildman–Crippen MR) is 104 cm³/mol. The topological polar surface area (TPSA) is 75.4 Å². The van der Waals surface area contributed by atoms with Crippen molar-refractivity contribution in [3.05, 3.63) is 40.8 Å². The molecule has 0 saturated carbocycles. The first-order valence-electron chi connectivity index (χ1n) is 10.1. The normalized spacial score (nSPS) is 20.1. The summed E-state index contributed by atoms with van der Waals surface area (Å²) in [5.41, 5.74) is 4.21. The highest BCUT2D eigenvalue weighted by molar-refractivity contribution is 5.77. The molecule has 0 bridgehead atoms. The first kappa shape index (κ1) is 19.1. The van der Waals surface area contributed by atoms with Crippen LogP contribution in [-0.2, 0) is 17.9 Å². The molecule has 0 atom stereocenters. The van der Waals surface area contributed by atoms with Gasteiger partial charge in [0.2, 0.25) is 5.91 Å². The van der Waals surface area contributed by atoms with E-state index in [-0.39, 0.29) is 11.3 Å². The highest BCUT2D eigenvalue weighted by Gasteiger charge is 2.41. The molecular formula is C21H29N5O2. The highest BCUT2D eigenvalue weighted by atomic mass is 16.5. The summed E-state index contributed by atoms with van der Waals surface area (Å²) < 4.78 is 5.30. The Kier molecular flexibility index (Phi) is 5.19. The van der Waals surface area contributed by atoms with E-state index in [0.29, 0.717) is 13.0 Å². The first-order valence-corrected chi connectivity index (χ1v) is 10.1. The molecule has 2 aromatic rings. The van der Waals surface area contributed by atoms with E-state index < -0.39 is 0 Å². The van der Waals surface area contributed by atoms with Crippen molar-refractivity contribution in [3.63, 3.8) is 0 Å². The van der Waals surface area contributed by atoms with Gasteiger partial charge < -0.3 is 9.42 Å². The Bertz CT molecular complexity index is 817. The molecule has 150 valence electrons. The van der Waals surface area contributed by atoms with E-state index in [2.05, 4.69) is 20.0 Å². The van der Waals surface area contributed by atoms with E-state index in [4.69, 9.17) is 4.52 Å². The molecule has 0 radical (unpaired) electrons. The number of aromatic nitrogens is 3. The maximum atomic E-state index is 12.5. The number of carbonyl (C=O) groups is 1. The largest absolute Gasteiger partial charge is 0.361 e. The van der Waals surface area contributed by atoms with Gasteiger partial charge in [-0.05, 0) is 58.5 Å². The number of rotatable bonds is 4. The molecule has 0 unspecified atom stereocenters. The zero-order chi connectivity index (χ0) is 19.7. The van der Waals surface area contributed by atoms with Crippen LogP contribution in [0.3, 0.4) is 0 Å². The molecular weight excluding hydrogens is 354 g/mol. The second kappa shape index (κ2) is 7.62. The third-order valence-electron chi connectivity index (χ3n) is 6.42. The highest BCUT2D eigenvalue weighted by Crippen LogP contribution is 2.41. The van der Waals surface area contributed by atoms with E-state index >= 15 is 0 Å². The lowest BCUT2D eigenvalue weighted by molar-refractivity contribution is -0.140. The molecule has 0 N–H and O–H groups in total. The minimum atomic E-state index is 0.237. The molecule has 2 aliphatic rings. The molecule has 2 saturated heterocycles. The van der Waals surface area contributed by atoms with Crippen LogP contribution in [-0.4, -0.2) is 50.5 Å². The monoisotopic (exact) mass is 383 g/mol. The zero-order valence-electron chi connectivity index (χ0n) is 17.1. The maximum Gasteiger partial charge on any atom is 0.222 e. The van der Waals surface area contributed by atoms with Gasteiger partial charge in [-0.3, -0.25) is 19.7 Å². The van der Waals surface area contributed by atoms with Crippen molar-refractivity contribution in [2.24, 2.45) is 5.41 Å². The van der Waals surface area contributed by atoms with Crippen LogP contribution >= 0.6 is 0 Å². The van der Waals surface area contributed by atoms with Crippen molar-refractivity contribution >= 4 is 5.91 Å². The maximum absolute atomic E-state index is 12.5. The van der Waals surface area contributed by atoms with Gasteiger partial charge in [-0.25, -0.2) is 0 Å².